The predicted octanol–water partition coefficient (Wildman–Crippen LogP) is 5.42. The first-order chi connectivity index (χ1) is 9.96. The molecule has 0 saturated heterocycles. The van der Waals surface area contributed by atoms with Gasteiger partial charge in [0.15, 0.2) is 0 Å². The number of nitrogens with one attached hydrogen (secondary N) is 1. The van der Waals surface area contributed by atoms with Crippen LogP contribution in [0.1, 0.15) is 58.9 Å². The second kappa shape index (κ2) is 7.15. The van der Waals surface area contributed by atoms with Crippen molar-refractivity contribution in [2.24, 2.45) is 11.8 Å². The van der Waals surface area contributed by atoms with Crippen LogP contribution in [0.4, 0.5) is 0 Å². The molecule has 0 aliphatic heterocycles. The van der Waals surface area contributed by atoms with Crippen molar-refractivity contribution in [3.8, 4) is 0 Å². The van der Waals surface area contributed by atoms with Crippen molar-refractivity contribution in [3.05, 3.63) is 34.9 Å². The van der Waals surface area contributed by atoms with Crippen LogP contribution in [-0.4, -0.2) is 12.6 Å². The van der Waals surface area contributed by atoms with E-state index in [0.29, 0.717) is 12.0 Å². The molecule has 0 spiro atoms. The maximum atomic E-state index is 6.49. The van der Waals surface area contributed by atoms with E-state index in [9.17, 15) is 0 Å². The largest absolute Gasteiger partial charge is 0.314 e. The van der Waals surface area contributed by atoms with Gasteiger partial charge in [0.2, 0.25) is 0 Å². The van der Waals surface area contributed by atoms with Crippen molar-refractivity contribution in [1.29, 1.82) is 0 Å². The monoisotopic (exact) mass is 307 g/mol. The molecule has 118 valence electrons. The van der Waals surface area contributed by atoms with Gasteiger partial charge in [-0.2, -0.15) is 0 Å². The van der Waals surface area contributed by atoms with Crippen LogP contribution in [0.25, 0.3) is 0 Å². The number of rotatable bonds is 5. The minimum Gasteiger partial charge on any atom is -0.314 e. The number of hydrogen-bond acceptors (Lipinski definition) is 1. The smallest absolute Gasteiger partial charge is 0.0443 e. The topological polar surface area (TPSA) is 12.0 Å². The van der Waals surface area contributed by atoms with Crippen molar-refractivity contribution < 1.29 is 0 Å². The fourth-order valence-electron chi connectivity index (χ4n) is 3.98. The summed E-state index contributed by atoms with van der Waals surface area (Å²) in [6, 6.07) is 8.98. The third-order valence-electron chi connectivity index (χ3n) is 5.26. The van der Waals surface area contributed by atoms with Crippen molar-refractivity contribution in [2.45, 2.75) is 64.8 Å². The number of benzene rings is 1. The van der Waals surface area contributed by atoms with Gasteiger partial charge in [0.1, 0.15) is 0 Å². The summed E-state index contributed by atoms with van der Waals surface area (Å²) in [4.78, 5) is 0. The van der Waals surface area contributed by atoms with E-state index in [-0.39, 0.29) is 5.41 Å². The molecule has 2 heteroatoms. The Morgan fingerprint density at radius 1 is 1.24 bits per heavy atom. The summed E-state index contributed by atoms with van der Waals surface area (Å²) in [6.45, 7) is 10.5. The summed E-state index contributed by atoms with van der Waals surface area (Å²) in [6.07, 6.45) is 5.12. The molecule has 1 aromatic carbocycles. The molecule has 1 aromatic rings. The highest BCUT2D eigenvalue weighted by Crippen LogP contribution is 2.44. The molecule has 1 aliphatic carbocycles. The molecule has 0 aromatic heterocycles. The van der Waals surface area contributed by atoms with Crippen LogP contribution in [0.15, 0.2) is 24.3 Å². The fourth-order valence-corrected chi connectivity index (χ4v) is 4.36. The summed E-state index contributed by atoms with van der Waals surface area (Å²) >= 11 is 6.49. The standard InChI is InChI=1S/C19H30ClN/c1-5-12-21-18-13-14(2)10-11-16(18)19(3,4)15-8-6-7-9-17(15)20/h6-9,14,16,18,21H,5,10-13H2,1-4H3. The van der Waals surface area contributed by atoms with E-state index in [1.165, 1.54) is 31.2 Å². The maximum absolute atomic E-state index is 6.49. The maximum Gasteiger partial charge on any atom is 0.0443 e. The number of halogens is 1. The van der Waals surface area contributed by atoms with Gasteiger partial charge < -0.3 is 5.32 Å². The zero-order valence-corrected chi connectivity index (χ0v) is 14.7. The lowest BCUT2D eigenvalue weighted by molar-refractivity contribution is 0.146. The normalized spacial score (nSPS) is 26.8. The third kappa shape index (κ3) is 3.81. The van der Waals surface area contributed by atoms with E-state index in [4.69, 9.17) is 11.6 Å². The van der Waals surface area contributed by atoms with E-state index in [2.05, 4.69) is 45.1 Å². The zero-order chi connectivity index (χ0) is 15.5. The first kappa shape index (κ1) is 16.8. The van der Waals surface area contributed by atoms with Crippen molar-refractivity contribution in [2.75, 3.05) is 6.54 Å². The van der Waals surface area contributed by atoms with Gasteiger partial charge in [0.05, 0.1) is 0 Å². The lowest BCUT2D eigenvalue weighted by Crippen LogP contribution is -2.48. The first-order valence-electron chi connectivity index (χ1n) is 8.45. The summed E-state index contributed by atoms with van der Waals surface area (Å²) < 4.78 is 0. The molecule has 1 fully saturated rings. The average molecular weight is 308 g/mol. The molecular weight excluding hydrogens is 278 g/mol. The first-order valence-corrected chi connectivity index (χ1v) is 8.83. The molecule has 1 aliphatic rings. The van der Waals surface area contributed by atoms with Crippen LogP contribution in [0.5, 0.6) is 0 Å². The molecule has 0 bridgehead atoms. The Morgan fingerprint density at radius 3 is 2.62 bits per heavy atom. The fraction of sp³-hybridized carbons (Fsp3) is 0.684. The Balaban J connectivity index is 2.25. The third-order valence-corrected chi connectivity index (χ3v) is 5.59. The van der Waals surface area contributed by atoms with Gasteiger partial charge in [-0.05, 0) is 54.7 Å². The van der Waals surface area contributed by atoms with Crippen LogP contribution >= 0.6 is 11.6 Å². The summed E-state index contributed by atoms with van der Waals surface area (Å²) in [5.74, 6) is 1.48. The molecule has 21 heavy (non-hydrogen) atoms. The summed E-state index contributed by atoms with van der Waals surface area (Å²) in [7, 11) is 0. The molecule has 0 radical (unpaired) electrons. The van der Waals surface area contributed by atoms with E-state index in [1.54, 1.807) is 0 Å². The van der Waals surface area contributed by atoms with Gasteiger partial charge in [-0.25, -0.2) is 0 Å². The van der Waals surface area contributed by atoms with Crippen molar-refractivity contribution >= 4 is 11.6 Å². The van der Waals surface area contributed by atoms with Crippen molar-refractivity contribution in [3.63, 3.8) is 0 Å². The molecule has 1 N–H and O–H groups in total. The van der Waals surface area contributed by atoms with Gasteiger partial charge in [-0.3, -0.25) is 0 Å². The Hall–Kier alpha value is -0.530. The predicted molar refractivity (Wildman–Crippen MR) is 93.1 cm³/mol. The second-order valence-electron chi connectivity index (χ2n) is 7.29. The van der Waals surface area contributed by atoms with E-state index >= 15 is 0 Å². The minimum atomic E-state index is 0.115. The highest BCUT2D eigenvalue weighted by atomic mass is 35.5. The second-order valence-corrected chi connectivity index (χ2v) is 7.69. The molecule has 2 rings (SSSR count). The summed E-state index contributed by atoms with van der Waals surface area (Å²) in [5.41, 5.74) is 1.42. The molecule has 3 atom stereocenters. The van der Waals surface area contributed by atoms with Crippen LogP contribution in [-0.2, 0) is 5.41 Å². The van der Waals surface area contributed by atoms with Gasteiger partial charge in [-0.1, -0.05) is 63.9 Å². The van der Waals surface area contributed by atoms with E-state index < -0.39 is 0 Å². The highest BCUT2D eigenvalue weighted by molar-refractivity contribution is 6.31. The van der Waals surface area contributed by atoms with Crippen molar-refractivity contribution in [1.82, 2.24) is 5.32 Å². The zero-order valence-electron chi connectivity index (χ0n) is 14.0. The van der Waals surface area contributed by atoms with Crippen LogP contribution in [0, 0.1) is 11.8 Å². The lowest BCUT2D eigenvalue weighted by Gasteiger charge is -2.45. The molecule has 0 heterocycles. The Labute approximate surface area is 135 Å². The van der Waals surface area contributed by atoms with E-state index in [0.717, 1.165) is 17.5 Å². The van der Waals surface area contributed by atoms with Crippen LogP contribution in [0.2, 0.25) is 5.02 Å². The summed E-state index contributed by atoms with van der Waals surface area (Å²) in [5, 5.41) is 4.72. The average Bonchev–Trinajstić information content (AvgIpc) is 2.45. The van der Waals surface area contributed by atoms with Crippen LogP contribution < -0.4 is 5.32 Å². The number of hydrogen-bond donors (Lipinski definition) is 1. The highest BCUT2D eigenvalue weighted by Gasteiger charge is 2.40. The van der Waals surface area contributed by atoms with Gasteiger partial charge in [0.25, 0.3) is 0 Å². The van der Waals surface area contributed by atoms with Gasteiger partial charge in [0, 0.05) is 11.1 Å². The Bertz CT molecular complexity index is 455. The molecule has 0 amide bonds. The molecule has 1 saturated carbocycles. The van der Waals surface area contributed by atoms with Gasteiger partial charge >= 0.3 is 0 Å². The molecular formula is C19H30ClN. The van der Waals surface area contributed by atoms with E-state index in [1.807, 2.05) is 12.1 Å². The van der Waals surface area contributed by atoms with Gasteiger partial charge in [-0.15, -0.1) is 0 Å². The Kier molecular flexibility index (Phi) is 5.73. The lowest BCUT2D eigenvalue weighted by atomic mass is 9.63. The quantitative estimate of drug-likeness (QED) is 0.765. The minimum absolute atomic E-state index is 0.115. The van der Waals surface area contributed by atoms with Crippen LogP contribution in [0.3, 0.4) is 0 Å². The SMILES string of the molecule is CCCNC1CC(C)CCC1C(C)(C)c1ccccc1Cl. The molecule has 1 nitrogen and oxygen atoms in total. The molecule has 3 unspecified atom stereocenters. The Morgan fingerprint density at radius 2 is 1.95 bits per heavy atom.